The van der Waals surface area contributed by atoms with Crippen molar-refractivity contribution in [1.82, 2.24) is 10.3 Å². The van der Waals surface area contributed by atoms with E-state index in [9.17, 15) is 14.9 Å². The first-order chi connectivity index (χ1) is 12.6. The summed E-state index contributed by atoms with van der Waals surface area (Å²) in [4.78, 5) is 29.4. The fourth-order valence-electron chi connectivity index (χ4n) is 3.27. The zero-order chi connectivity index (χ0) is 18.4. The molecule has 0 saturated carbocycles. The van der Waals surface area contributed by atoms with Crippen molar-refractivity contribution >= 4 is 17.3 Å². The minimum atomic E-state index is -0.355. The minimum absolute atomic E-state index is 0.0437. The summed E-state index contributed by atoms with van der Waals surface area (Å²) in [6.45, 7) is 1.85. The standard InChI is InChI=1S/C19H22N4O3/c24-19(21-12-8-16-5-3-4-11-20-16)15-9-13-22(14-10-15)17-6-1-2-7-18(17)23(25)26/h1-7,11,15H,8-10,12-14H2,(H,21,24). The summed E-state index contributed by atoms with van der Waals surface area (Å²) in [5.74, 6) is 0.0147. The van der Waals surface area contributed by atoms with Gasteiger partial charge in [0, 0.05) is 49.9 Å². The normalized spacial score (nSPS) is 14.8. The Hall–Kier alpha value is -2.96. The molecule has 7 nitrogen and oxygen atoms in total. The van der Waals surface area contributed by atoms with Gasteiger partial charge in [0.25, 0.3) is 5.69 Å². The van der Waals surface area contributed by atoms with Crippen molar-refractivity contribution in [2.24, 2.45) is 5.92 Å². The number of nitro groups is 1. The SMILES string of the molecule is O=C(NCCc1ccccn1)C1CCN(c2ccccc2[N+](=O)[O-])CC1. The number of aromatic nitrogens is 1. The van der Waals surface area contributed by atoms with Crippen LogP contribution in [-0.4, -0.2) is 35.4 Å². The summed E-state index contributed by atoms with van der Waals surface area (Å²) < 4.78 is 0. The van der Waals surface area contributed by atoms with Crippen LogP contribution >= 0.6 is 0 Å². The van der Waals surface area contributed by atoms with Gasteiger partial charge < -0.3 is 10.2 Å². The van der Waals surface area contributed by atoms with E-state index in [0.717, 1.165) is 5.69 Å². The molecule has 1 aromatic carbocycles. The Kier molecular flexibility index (Phi) is 5.78. The Morgan fingerprint density at radius 1 is 1.19 bits per heavy atom. The van der Waals surface area contributed by atoms with E-state index in [-0.39, 0.29) is 22.4 Å². The van der Waals surface area contributed by atoms with Crippen molar-refractivity contribution in [2.75, 3.05) is 24.5 Å². The molecule has 2 heterocycles. The van der Waals surface area contributed by atoms with Gasteiger partial charge in [-0.3, -0.25) is 19.9 Å². The van der Waals surface area contributed by atoms with E-state index in [1.54, 1.807) is 24.4 Å². The average Bonchev–Trinajstić information content (AvgIpc) is 2.69. The van der Waals surface area contributed by atoms with E-state index in [1.165, 1.54) is 6.07 Å². The van der Waals surface area contributed by atoms with Crippen molar-refractivity contribution < 1.29 is 9.72 Å². The summed E-state index contributed by atoms with van der Waals surface area (Å²) in [5, 5.41) is 14.2. The van der Waals surface area contributed by atoms with Gasteiger partial charge in [-0.2, -0.15) is 0 Å². The molecule has 0 spiro atoms. The highest BCUT2D eigenvalue weighted by Crippen LogP contribution is 2.31. The molecule has 1 fully saturated rings. The summed E-state index contributed by atoms with van der Waals surface area (Å²) in [5.41, 5.74) is 1.70. The van der Waals surface area contributed by atoms with Gasteiger partial charge in [-0.15, -0.1) is 0 Å². The molecule has 3 rings (SSSR count). The summed E-state index contributed by atoms with van der Waals surface area (Å²) in [7, 11) is 0. The number of nitrogens with one attached hydrogen (secondary N) is 1. The first-order valence-corrected chi connectivity index (χ1v) is 8.81. The van der Waals surface area contributed by atoms with Gasteiger partial charge in [-0.05, 0) is 31.0 Å². The van der Waals surface area contributed by atoms with E-state index in [2.05, 4.69) is 10.3 Å². The number of carbonyl (C=O) groups excluding carboxylic acids is 1. The smallest absolute Gasteiger partial charge is 0.292 e. The van der Waals surface area contributed by atoms with Gasteiger partial charge in [0.1, 0.15) is 5.69 Å². The van der Waals surface area contributed by atoms with Gasteiger partial charge >= 0.3 is 0 Å². The van der Waals surface area contributed by atoms with Gasteiger partial charge in [-0.1, -0.05) is 18.2 Å². The molecule has 1 aromatic heterocycles. The van der Waals surface area contributed by atoms with E-state index in [0.29, 0.717) is 44.6 Å². The molecule has 0 unspecified atom stereocenters. The van der Waals surface area contributed by atoms with Crippen LogP contribution in [0.4, 0.5) is 11.4 Å². The molecular formula is C19H22N4O3. The average molecular weight is 354 g/mol. The number of rotatable bonds is 6. The quantitative estimate of drug-likeness (QED) is 0.636. The Morgan fingerprint density at radius 2 is 1.92 bits per heavy atom. The lowest BCUT2D eigenvalue weighted by atomic mass is 9.95. The number of piperidine rings is 1. The van der Waals surface area contributed by atoms with Crippen LogP contribution in [0.3, 0.4) is 0 Å². The summed E-state index contributed by atoms with van der Waals surface area (Å²) in [6, 6.07) is 12.5. The van der Waals surface area contributed by atoms with Crippen molar-refractivity contribution in [1.29, 1.82) is 0 Å². The third-order valence-electron chi connectivity index (χ3n) is 4.69. The van der Waals surface area contributed by atoms with E-state index in [1.807, 2.05) is 23.1 Å². The second-order valence-electron chi connectivity index (χ2n) is 6.37. The Bertz CT molecular complexity index is 758. The molecule has 7 heteroatoms. The molecule has 0 atom stereocenters. The van der Waals surface area contributed by atoms with Crippen molar-refractivity contribution in [3.63, 3.8) is 0 Å². The number of carbonyl (C=O) groups is 1. The molecule has 1 amide bonds. The minimum Gasteiger partial charge on any atom is -0.366 e. The third kappa shape index (κ3) is 4.36. The number of hydrogen-bond donors (Lipinski definition) is 1. The van der Waals surface area contributed by atoms with Gasteiger partial charge in [0.2, 0.25) is 5.91 Å². The Labute approximate surface area is 152 Å². The first kappa shape index (κ1) is 17.8. The maximum Gasteiger partial charge on any atom is 0.292 e. The van der Waals surface area contributed by atoms with E-state index >= 15 is 0 Å². The van der Waals surface area contributed by atoms with Crippen LogP contribution in [0, 0.1) is 16.0 Å². The first-order valence-electron chi connectivity index (χ1n) is 8.81. The van der Waals surface area contributed by atoms with Crippen molar-refractivity contribution in [3.05, 3.63) is 64.5 Å². The molecule has 1 saturated heterocycles. The number of anilines is 1. The zero-order valence-corrected chi connectivity index (χ0v) is 14.5. The van der Waals surface area contributed by atoms with Crippen LogP contribution in [0.2, 0.25) is 0 Å². The largest absolute Gasteiger partial charge is 0.366 e. The molecule has 26 heavy (non-hydrogen) atoms. The fraction of sp³-hybridized carbons (Fsp3) is 0.368. The summed E-state index contributed by atoms with van der Waals surface area (Å²) >= 11 is 0. The van der Waals surface area contributed by atoms with Crippen molar-refractivity contribution in [2.45, 2.75) is 19.3 Å². The lowest BCUT2D eigenvalue weighted by Crippen LogP contribution is -2.41. The van der Waals surface area contributed by atoms with Gasteiger partial charge in [0.15, 0.2) is 0 Å². The molecule has 0 radical (unpaired) electrons. The molecule has 1 aliphatic heterocycles. The molecule has 1 aliphatic rings. The maximum absolute atomic E-state index is 12.3. The highest BCUT2D eigenvalue weighted by molar-refractivity contribution is 5.79. The highest BCUT2D eigenvalue weighted by atomic mass is 16.6. The zero-order valence-electron chi connectivity index (χ0n) is 14.5. The number of amides is 1. The number of nitrogens with zero attached hydrogens (tertiary/aromatic N) is 3. The Morgan fingerprint density at radius 3 is 2.62 bits per heavy atom. The highest BCUT2D eigenvalue weighted by Gasteiger charge is 2.27. The predicted octanol–water partition coefficient (Wildman–Crippen LogP) is 2.57. The van der Waals surface area contributed by atoms with Crippen LogP contribution < -0.4 is 10.2 Å². The summed E-state index contributed by atoms with van der Waals surface area (Å²) in [6.07, 6.45) is 3.85. The van der Waals surface area contributed by atoms with Crippen LogP contribution in [0.15, 0.2) is 48.7 Å². The number of para-hydroxylation sites is 2. The Balaban J connectivity index is 1.49. The monoisotopic (exact) mass is 354 g/mol. The number of benzene rings is 1. The molecule has 2 aromatic rings. The van der Waals surface area contributed by atoms with Crippen LogP contribution in [-0.2, 0) is 11.2 Å². The second-order valence-corrected chi connectivity index (χ2v) is 6.37. The predicted molar refractivity (Wildman–Crippen MR) is 99.0 cm³/mol. The fourth-order valence-corrected chi connectivity index (χ4v) is 3.27. The third-order valence-corrected chi connectivity index (χ3v) is 4.69. The van der Waals surface area contributed by atoms with Crippen LogP contribution in [0.25, 0.3) is 0 Å². The number of hydrogen-bond acceptors (Lipinski definition) is 5. The van der Waals surface area contributed by atoms with Gasteiger partial charge in [-0.25, -0.2) is 0 Å². The maximum atomic E-state index is 12.3. The lowest BCUT2D eigenvalue weighted by Gasteiger charge is -2.32. The molecule has 136 valence electrons. The topological polar surface area (TPSA) is 88.4 Å². The van der Waals surface area contributed by atoms with E-state index < -0.39 is 0 Å². The van der Waals surface area contributed by atoms with Gasteiger partial charge in [0.05, 0.1) is 4.92 Å². The lowest BCUT2D eigenvalue weighted by molar-refractivity contribution is -0.384. The molecule has 0 aliphatic carbocycles. The molecular weight excluding hydrogens is 332 g/mol. The molecule has 0 bridgehead atoms. The van der Waals surface area contributed by atoms with E-state index in [4.69, 9.17) is 0 Å². The molecule has 1 N–H and O–H groups in total. The van der Waals surface area contributed by atoms with Crippen molar-refractivity contribution in [3.8, 4) is 0 Å². The van der Waals surface area contributed by atoms with Crippen LogP contribution in [0.1, 0.15) is 18.5 Å². The number of pyridine rings is 1. The number of nitro benzene ring substituents is 1. The van der Waals surface area contributed by atoms with Crippen LogP contribution in [0.5, 0.6) is 0 Å². The second kappa shape index (κ2) is 8.42.